The van der Waals surface area contributed by atoms with Crippen LogP contribution in [0.3, 0.4) is 0 Å². The highest BCUT2D eigenvalue weighted by molar-refractivity contribution is 5.84. The van der Waals surface area contributed by atoms with Gasteiger partial charge in [0.05, 0.1) is 23.7 Å². The molecule has 0 aliphatic rings. The van der Waals surface area contributed by atoms with Crippen LogP contribution in [0, 0.1) is 5.82 Å². The zero-order valence-corrected chi connectivity index (χ0v) is 15.2. The summed E-state index contributed by atoms with van der Waals surface area (Å²) >= 11 is 0. The highest BCUT2D eigenvalue weighted by Gasteiger charge is 2.31. The average Bonchev–Trinajstić information content (AvgIpc) is 2.74. The van der Waals surface area contributed by atoms with E-state index in [0.717, 1.165) is 18.2 Å². The van der Waals surface area contributed by atoms with Crippen molar-refractivity contribution in [3.05, 3.63) is 78.9 Å². The molecular formula is C21H13F4N5. The first-order chi connectivity index (χ1) is 14.3. The molecule has 4 rings (SSSR count). The third-order valence-corrected chi connectivity index (χ3v) is 4.45. The first kappa shape index (κ1) is 19.4. The Balaban J connectivity index is 1.86. The number of aromatic nitrogens is 4. The molecule has 0 amide bonds. The number of nitrogen functional groups attached to an aromatic ring is 1. The van der Waals surface area contributed by atoms with Gasteiger partial charge in [-0.25, -0.2) is 19.3 Å². The molecule has 0 aliphatic heterocycles. The summed E-state index contributed by atoms with van der Waals surface area (Å²) in [4.78, 5) is 15.7. The van der Waals surface area contributed by atoms with E-state index >= 15 is 0 Å². The van der Waals surface area contributed by atoms with Crippen LogP contribution in [0.2, 0.25) is 0 Å². The molecule has 0 atom stereocenters. The standard InChI is InChI=1S/C21H13F4N5/c22-18-5-12(1-3-16(18)19-9-30-20(26)10-29-19)17-6-14(21(23,24)25)2-4-15(17)13-7-27-11-28-8-13/h1-11H,(H2,26,30). The van der Waals surface area contributed by atoms with Gasteiger partial charge in [0, 0.05) is 23.5 Å². The number of alkyl halides is 3. The smallest absolute Gasteiger partial charge is 0.382 e. The van der Waals surface area contributed by atoms with Crippen molar-refractivity contribution in [3.8, 4) is 33.5 Å². The normalized spacial score (nSPS) is 11.5. The van der Waals surface area contributed by atoms with Gasteiger partial charge in [-0.1, -0.05) is 12.1 Å². The Kier molecular flexibility index (Phi) is 4.86. The van der Waals surface area contributed by atoms with Gasteiger partial charge in [0.1, 0.15) is 18.0 Å². The van der Waals surface area contributed by atoms with E-state index in [1.165, 1.54) is 49.3 Å². The first-order valence-corrected chi connectivity index (χ1v) is 8.67. The van der Waals surface area contributed by atoms with Crippen LogP contribution in [0.4, 0.5) is 23.4 Å². The Bertz CT molecular complexity index is 1190. The lowest BCUT2D eigenvalue weighted by Gasteiger charge is -2.15. The van der Waals surface area contributed by atoms with Crippen LogP contribution in [0.15, 0.2) is 67.5 Å². The van der Waals surface area contributed by atoms with Gasteiger partial charge in [-0.3, -0.25) is 4.98 Å². The van der Waals surface area contributed by atoms with Crippen molar-refractivity contribution >= 4 is 5.82 Å². The number of anilines is 1. The van der Waals surface area contributed by atoms with E-state index in [0.29, 0.717) is 11.1 Å². The molecule has 2 aromatic heterocycles. The SMILES string of the molecule is Nc1cnc(-c2ccc(-c3cc(C(F)(F)F)ccc3-c3cncnc3)cc2F)cn1. The van der Waals surface area contributed by atoms with Crippen molar-refractivity contribution in [1.82, 2.24) is 19.9 Å². The molecule has 0 aliphatic carbocycles. The molecule has 0 fully saturated rings. The number of benzene rings is 2. The summed E-state index contributed by atoms with van der Waals surface area (Å²) in [5.41, 5.74) is 6.49. The van der Waals surface area contributed by atoms with Crippen molar-refractivity contribution in [2.45, 2.75) is 6.18 Å². The predicted octanol–water partition coefficient (Wildman–Crippen LogP) is 5.01. The minimum Gasteiger partial charge on any atom is -0.382 e. The molecular weight excluding hydrogens is 398 g/mol. The van der Waals surface area contributed by atoms with E-state index in [4.69, 9.17) is 5.73 Å². The molecule has 4 aromatic rings. The fraction of sp³-hybridized carbons (Fsp3) is 0.0476. The Morgan fingerprint density at radius 3 is 2.10 bits per heavy atom. The Morgan fingerprint density at radius 1 is 0.733 bits per heavy atom. The van der Waals surface area contributed by atoms with Crippen LogP contribution in [0.25, 0.3) is 33.5 Å². The molecule has 2 N–H and O–H groups in total. The molecule has 0 saturated heterocycles. The number of rotatable bonds is 3. The Hall–Kier alpha value is -3.88. The summed E-state index contributed by atoms with van der Waals surface area (Å²) in [6.45, 7) is 0. The number of hydrogen-bond acceptors (Lipinski definition) is 5. The molecule has 0 unspecified atom stereocenters. The average molecular weight is 411 g/mol. The summed E-state index contributed by atoms with van der Waals surface area (Å²) in [5, 5.41) is 0. The molecule has 0 radical (unpaired) electrons. The second kappa shape index (κ2) is 7.51. The predicted molar refractivity (Wildman–Crippen MR) is 103 cm³/mol. The minimum atomic E-state index is -4.54. The molecule has 30 heavy (non-hydrogen) atoms. The van der Waals surface area contributed by atoms with Gasteiger partial charge in [-0.15, -0.1) is 0 Å². The van der Waals surface area contributed by atoms with E-state index in [9.17, 15) is 17.6 Å². The summed E-state index contributed by atoms with van der Waals surface area (Å²) in [7, 11) is 0. The van der Waals surface area contributed by atoms with E-state index in [1.807, 2.05) is 0 Å². The van der Waals surface area contributed by atoms with E-state index < -0.39 is 17.6 Å². The largest absolute Gasteiger partial charge is 0.416 e. The highest BCUT2D eigenvalue weighted by Crippen LogP contribution is 2.38. The monoisotopic (exact) mass is 411 g/mol. The fourth-order valence-electron chi connectivity index (χ4n) is 3.02. The van der Waals surface area contributed by atoms with Crippen LogP contribution in [0.5, 0.6) is 0 Å². The van der Waals surface area contributed by atoms with Crippen LogP contribution in [-0.4, -0.2) is 19.9 Å². The summed E-state index contributed by atoms with van der Waals surface area (Å²) < 4.78 is 54.7. The molecule has 2 heterocycles. The fourth-order valence-corrected chi connectivity index (χ4v) is 3.02. The molecule has 0 spiro atoms. The van der Waals surface area contributed by atoms with Gasteiger partial charge >= 0.3 is 6.18 Å². The van der Waals surface area contributed by atoms with E-state index in [1.54, 1.807) is 0 Å². The maximum Gasteiger partial charge on any atom is 0.416 e. The Morgan fingerprint density at radius 2 is 1.47 bits per heavy atom. The van der Waals surface area contributed by atoms with Gasteiger partial charge < -0.3 is 5.73 Å². The van der Waals surface area contributed by atoms with Gasteiger partial charge in [-0.05, 0) is 41.0 Å². The lowest BCUT2D eigenvalue weighted by Crippen LogP contribution is -2.05. The number of nitrogens with zero attached hydrogens (tertiary/aromatic N) is 4. The quantitative estimate of drug-likeness (QED) is 0.480. The molecule has 2 aromatic carbocycles. The zero-order valence-electron chi connectivity index (χ0n) is 15.2. The van der Waals surface area contributed by atoms with Crippen molar-refractivity contribution in [2.75, 3.05) is 5.73 Å². The van der Waals surface area contributed by atoms with Crippen LogP contribution in [0.1, 0.15) is 5.56 Å². The van der Waals surface area contributed by atoms with E-state index in [-0.39, 0.29) is 28.2 Å². The maximum atomic E-state index is 14.8. The van der Waals surface area contributed by atoms with E-state index in [2.05, 4.69) is 19.9 Å². The molecule has 0 saturated carbocycles. The van der Waals surface area contributed by atoms with Crippen LogP contribution in [-0.2, 0) is 6.18 Å². The number of nitrogens with two attached hydrogens (primary N) is 1. The molecule has 9 heteroatoms. The van der Waals surface area contributed by atoms with Gasteiger partial charge in [0.2, 0.25) is 0 Å². The Labute approximate surface area is 168 Å². The number of hydrogen-bond donors (Lipinski definition) is 1. The van der Waals surface area contributed by atoms with Crippen molar-refractivity contribution in [3.63, 3.8) is 0 Å². The summed E-state index contributed by atoms with van der Waals surface area (Å²) in [6.07, 6.45) is 2.35. The first-order valence-electron chi connectivity index (χ1n) is 8.67. The summed E-state index contributed by atoms with van der Waals surface area (Å²) in [6, 6.07) is 7.42. The maximum absolute atomic E-state index is 14.8. The van der Waals surface area contributed by atoms with Crippen LogP contribution >= 0.6 is 0 Å². The molecule has 5 nitrogen and oxygen atoms in total. The topological polar surface area (TPSA) is 77.6 Å². The van der Waals surface area contributed by atoms with Gasteiger partial charge in [-0.2, -0.15) is 13.2 Å². The van der Waals surface area contributed by atoms with Gasteiger partial charge in [0.25, 0.3) is 0 Å². The lowest BCUT2D eigenvalue weighted by atomic mass is 9.93. The van der Waals surface area contributed by atoms with Crippen molar-refractivity contribution in [2.24, 2.45) is 0 Å². The molecule has 150 valence electrons. The number of halogens is 4. The second-order valence-electron chi connectivity index (χ2n) is 6.41. The molecule has 0 bridgehead atoms. The zero-order chi connectivity index (χ0) is 21.3. The van der Waals surface area contributed by atoms with Gasteiger partial charge in [0.15, 0.2) is 0 Å². The van der Waals surface area contributed by atoms with Crippen molar-refractivity contribution in [1.29, 1.82) is 0 Å². The third kappa shape index (κ3) is 3.82. The summed E-state index contributed by atoms with van der Waals surface area (Å²) in [5.74, 6) is -0.464. The van der Waals surface area contributed by atoms with Crippen molar-refractivity contribution < 1.29 is 17.6 Å². The van der Waals surface area contributed by atoms with Crippen LogP contribution < -0.4 is 5.73 Å². The second-order valence-corrected chi connectivity index (χ2v) is 6.41. The third-order valence-electron chi connectivity index (χ3n) is 4.45. The lowest BCUT2D eigenvalue weighted by molar-refractivity contribution is -0.137. The highest BCUT2D eigenvalue weighted by atomic mass is 19.4. The minimum absolute atomic E-state index is 0.155.